The zero-order chi connectivity index (χ0) is 11.2. The lowest BCUT2D eigenvalue weighted by Gasteiger charge is -2.14. The summed E-state index contributed by atoms with van der Waals surface area (Å²) in [5, 5.41) is 4.25. The van der Waals surface area contributed by atoms with Crippen LogP contribution >= 0.6 is 11.3 Å². The number of hydrogen-bond acceptors (Lipinski definition) is 5. The lowest BCUT2D eigenvalue weighted by Crippen LogP contribution is -2.28. The van der Waals surface area contributed by atoms with Crippen molar-refractivity contribution in [3.63, 3.8) is 0 Å². The van der Waals surface area contributed by atoms with Gasteiger partial charge in [0.15, 0.2) is 0 Å². The largest absolute Gasteiger partial charge is 0.271 e. The van der Waals surface area contributed by atoms with Gasteiger partial charge in [-0.3, -0.25) is 11.3 Å². The van der Waals surface area contributed by atoms with Crippen molar-refractivity contribution in [2.75, 3.05) is 0 Å². The van der Waals surface area contributed by atoms with Crippen molar-refractivity contribution in [3.8, 4) is 0 Å². The van der Waals surface area contributed by atoms with Crippen LogP contribution in [-0.2, 0) is 6.42 Å². The van der Waals surface area contributed by atoms with Crippen molar-refractivity contribution < 1.29 is 0 Å². The van der Waals surface area contributed by atoms with E-state index in [9.17, 15) is 0 Å². The van der Waals surface area contributed by atoms with E-state index >= 15 is 0 Å². The molecule has 2 heterocycles. The summed E-state index contributed by atoms with van der Waals surface area (Å²) in [6, 6.07) is 2.25. The molecule has 0 aliphatic rings. The van der Waals surface area contributed by atoms with E-state index in [0.717, 1.165) is 18.4 Å². The van der Waals surface area contributed by atoms with Gasteiger partial charge in [0.1, 0.15) is 6.33 Å². The van der Waals surface area contributed by atoms with E-state index < -0.39 is 0 Å². The smallest absolute Gasteiger partial charge is 0.115 e. The Hall–Kier alpha value is -1.30. The average molecular weight is 234 g/mol. The number of nitrogens with one attached hydrogen (secondary N) is 1. The fourth-order valence-corrected chi connectivity index (χ4v) is 2.29. The summed E-state index contributed by atoms with van der Waals surface area (Å²) in [7, 11) is 0. The molecule has 0 saturated carbocycles. The Morgan fingerprint density at radius 2 is 2.19 bits per heavy atom. The molecule has 4 nitrogen and oxygen atoms in total. The molecule has 0 bridgehead atoms. The molecule has 0 radical (unpaired) electrons. The van der Waals surface area contributed by atoms with Gasteiger partial charge in [0.25, 0.3) is 0 Å². The van der Waals surface area contributed by atoms with Gasteiger partial charge >= 0.3 is 0 Å². The Labute approximate surface area is 98.5 Å². The van der Waals surface area contributed by atoms with Gasteiger partial charge in [0, 0.05) is 24.0 Å². The minimum Gasteiger partial charge on any atom is -0.271 e. The second-order valence-electron chi connectivity index (χ2n) is 3.56. The number of aryl methyl sites for hydroxylation is 1. The molecule has 2 aromatic heterocycles. The lowest BCUT2D eigenvalue weighted by atomic mass is 10.0. The normalized spacial score (nSPS) is 12.6. The molecular formula is C11H14N4S. The van der Waals surface area contributed by atoms with E-state index in [2.05, 4.69) is 32.2 Å². The van der Waals surface area contributed by atoms with Crippen LogP contribution in [0.5, 0.6) is 0 Å². The lowest BCUT2D eigenvalue weighted by molar-refractivity contribution is 0.513. The monoisotopic (exact) mass is 234 g/mol. The quantitative estimate of drug-likeness (QED) is 0.610. The van der Waals surface area contributed by atoms with Gasteiger partial charge in [0.2, 0.25) is 0 Å². The predicted molar refractivity (Wildman–Crippen MR) is 64.7 cm³/mol. The van der Waals surface area contributed by atoms with Crippen LogP contribution in [0.1, 0.15) is 23.6 Å². The second-order valence-corrected chi connectivity index (χ2v) is 4.34. The van der Waals surface area contributed by atoms with Crippen LogP contribution in [0.15, 0.2) is 35.5 Å². The zero-order valence-electron chi connectivity index (χ0n) is 8.84. The third kappa shape index (κ3) is 2.85. The highest BCUT2D eigenvalue weighted by Crippen LogP contribution is 2.17. The first-order valence-corrected chi connectivity index (χ1v) is 6.06. The van der Waals surface area contributed by atoms with Gasteiger partial charge in [-0.25, -0.2) is 9.97 Å². The Bertz CT molecular complexity index is 401. The highest BCUT2D eigenvalue weighted by Gasteiger charge is 2.10. The SMILES string of the molecule is NNC(CCc1ccsc1)c1cncnc1. The maximum atomic E-state index is 5.54. The molecule has 0 aromatic carbocycles. The topological polar surface area (TPSA) is 63.8 Å². The maximum absolute atomic E-state index is 5.54. The Balaban J connectivity index is 1.96. The number of nitrogens with two attached hydrogens (primary N) is 1. The Kier molecular flexibility index (Phi) is 3.98. The van der Waals surface area contributed by atoms with Gasteiger partial charge < -0.3 is 0 Å². The number of rotatable bonds is 5. The standard InChI is InChI=1S/C11H14N4S/c12-15-11(10-5-13-8-14-6-10)2-1-9-3-4-16-7-9/h3-8,11,15H,1-2,12H2. The predicted octanol–water partition coefficient (Wildman–Crippen LogP) is 1.68. The Morgan fingerprint density at radius 3 is 2.81 bits per heavy atom. The van der Waals surface area contributed by atoms with Gasteiger partial charge in [-0.15, -0.1) is 0 Å². The van der Waals surface area contributed by atoms with Crippen molar-refractivity contribution in [2.24, 2.45) is 5.84 Å². The van der Waals surface area contributed by atoms with Crippen LogP contribution in [0.4, 0.5) is 0 Å². The number of hydrazine groups is 1. The molecule has 0 amide bonds. The summed E-state index contributed by atoms with van der Waals surface area (Å²) >= 11 is 1.72. The highest BCUT2D eigenvalue weighted by atomic mass is 32.1. The molecule has 1 atom stereocenters. The molecule has 5 heteroatoms. The van der Waals surface area contributed by atoms with Crippen LogP contribution in [0.25, 0.3) is 0 Å². The molecule has 0 aliphatic heterocycles. The summed E-state index contributed by atoms with van der Waals surface area (Å²) < 4.78 is 0. The van der Waals surface area contributed by atoms with E-state index in [1.54, 1.807) is 23.7 Å². The van der Waals surface area contributed by atoms with Crippen LogP contribution in [-0.4, -0.2) is 9.97 Å². The third-order valence-corrected chi connectivity index (χ3v) is 3.22. The average Bonchev–Trinajstić information content (AvgIpc) is 2.84. The molecule has 1 unspecified atom stereocenters. The maximum Gasteiger partial charge on any atom is 0.115 e. The summed E-state index contributed by atoms with van der Waals surface area (Å²) in [4.78, 5) is 7.99. The number of nitrogens with zero attached hydrogens (tertiary/aromatic N) is 2. The van der Waals surface area contributed by atoms with E-state index in [1.165, 1.54) is 11.9 Å². The molecule has 0 saturated heterocycles. The Morgan fingerprint density at radius 1 is 1.38 bits per heavy atom. The minimum absolute atomic E-state index is 0.112. The summed E-state index contributed by atoms with van der Waals surface area (Å²) in [6.45, 7) is 0. The molecule has 84 valence electrons. The van der Waals surface area contributed by atoms with Crippen LogP contribution in [0, 0.1) is 0 Å². The first-order chi connectivity index (χ1) is 7.90. The van der Waals surface area contributed by atoms with Gasteiger partial charge in [0.05, 0.1) is 0 Å². The molecule has 2 rings (SSSR count). The number of hydrogen-bond donors (Lipinski definition) is 2. The fraction of sp³-hybridized carbons (Fsp3) is 0.273. The molecule has 16 heavy (non-hydrogen) atoms. The van der Waals surface area contributed by atoms with E-state index in [1.807, 2.05) is 0 Å². The van der Waals surface area contributed by atoms with Crippen molar-refractivity contribution in [2.45, 2.75) is 18.9 Å². The second kappa shape index (κ2) is 5.69. The van der Waals surface area contributed by atoms with Crippen LogP contribution < -0.4 is 11.3 Å². The van der Waals surface area contributed by atoms with Gasteiger partial charge in [-0.2, -0.15) is 11.3 Å². The van der Waals surface area contributed by atoms with Crippen LogP contribution in [0.3, 0.4) is 0 Å². The number of aromatic nitrogens is 2. The van der Waals surface area contributed by atoms with Crippen molar-refractivity contribution in [1.82, 2.24) is 15.4 Å². The minimum atomic E-state index is 0.112. The fourth-order valence-electron chi connectivity index (χ4n) is 1.58. The summed E-state index contributed by atoms with van der Waals surface area (Å²) in [6.07, 6.45) is 7.07. The van der Waals surface area contributed by atoms with Crippen molar-refractivity contribution in [3.05, 3.63) is 46.7 Å². The first-order valence-electron chi connectivity index (χ1n) is 5.12. The van der Waals surface area contributed by atoms with Gasteiger partial charge in [-0.05, 0) is 35.2 Å². The van der Waals surface area contributed by atoms with Crippen molar-refractivity contribution >= 4 is 11.3 Å². The van der Waals surface area contributed by atoms with E-state index in [0.29, 0.717) is 0 Å². The van der Waals surface area contributed by atoms with Gasteiger partial charge in [-0.1, -0.05) is 0 Å². The van der Waals surface area contributed by atoms with Crippen LogP contribution in [0.2, 0.25) is 0 Å². The summed E-state index contributed by atoms with van der Waals surface area (Å²) in [5.74, 6) is 5.54. The molecule has 0 spiro atoms. The first kappa shape index (κ1) is 11.2. The highest BCUT2D eigenvalue weighted by molar-refractivity contribution is 7.07. The molecule has 3 N–H and O–H groups in total. The molecule has 0 fully saturated rings. The van der Waals surface area contributed by atoms with E-state index in [4.69, 9.17) is 5.84 Å². The third-order valence-electron chi connectivity index (χ3n) is 2.49. The van der Waals surface area contributed by atoms with Crippen molar-refractivity contribution in [1.29, 1.82) is 0 Å². The number of thiophene rings is 1. The summed E-state index contributed by atoms with van der Waals surface area (Å²) in [5.41, 5.74) is 5.18. The van der Waals surface area contributed by atoms with E-state index in [-0.39, 0.29) is 6.04 Å². The molecular weight excluding hydrogens is 220 g/mol. The zero-order valence-corrected chi connectivity index (χ0v) is 9.65. The molecule has 2 aromatic rings. The molecule has 0 aliphatic carbocycles.